The molecule has 0 unspecified atom stereocenters. The number of nitrogens with zero attached hydrogens (tertiary/aromatic N) is 4. The summed E-state index contributed by atoms with van der Waals surface area (Å²) in [7, 11) is -4.00. The molecule has 45 heavy (non-hydrogen) atoms. The number of halogens is 2. The lowest BCUT2D eigenvalue weighted by molar-refractivity contribution is 0.0722. The van der Waals surface area contributed by atoms with Crippen molar-refractivity contribution < 1.29 is 22.0 Å². The number of pyridine rings is 1. The van der Waals surface area contributed by atoms with Gasteiger partial charge in [0.05, 0.1) is 27.9 Å². The summed E-state index contributed by atoms with van der Waals surface area (Å²) in [6.07, 6.45) is 9.40. The number of fused-ring (bicyclic) bond motifs is 2. The first-order valence-electron chi connectivity index (χ1n) is 15.4. The number of rotatable bonds is 8. The lowest BCUT2D eigenvalue weighted by atomic mass is 9.60. The Balaban J connectivity index is 1.31. The van der Waals surface area contributed by atoms with Crippen molar-refractivity contribution in [1.82, 2.24) is 19.1 Å². The minimum Gasteiger partial charge on any atom is -0.291 e. The number of carbonyl (C=O) groups is 1. The van der Waals surface area contributed by atoms with Gasteiger partial charge < -0.3 is 0 Å². The fourth-order valence-electron chi connectivity index (χ4n) is 7.16. The van der Waals surface area contributed by atoms with Crippen LogP contribution in [-0.2, 0) is 16.4 Å². The van der Waals surface area contributed by atoms with Gasteiger partial charge in [-0.25, -0.2) is 21.9 Å². The molecule has 3 aliphatic rings. The Morgan fingerprint density at radius 3 is 2.27 bits per heavy atom. The van der Waals surface area contributed by atoms with Crippen LogP contribution in [0.4, 0.5) is 8.78 Å². The van der Waals surface area contributed by atoms with Crippen molar-refractivity contribution in [3.05, 3.63) is 113 Å². The predicted octanol–water partition coefficient (Wildman–Crippen LogP) is 6.88. The van der Waals surface area contributed by atoms with E-state index in [1.807, 2.05) is 26.0 Å². The standard InChI is InChI=1S/C35H34F2N4O3S/c1-22(2)41(45(43,44)31-14-9-28(37)10-15-31)30-11-6-26-17-33-25(21-39-40(33)29-12-7-27(36)8-13-29)18-35(26,19-30)34(42)32-16-5-24(20-38-32)23-3-4-23/h5,7-10,12-17,20-23,30H,3-4,6,11,18-19H2,1-2H3/t30-,35-/m0/s1. The van der Waals surface area contributed by atoms with Gasteiger partial charge in [0.1, 0.15) is 17.3 Å². The zero-order valence-electron chi connectivity index (χ0n) is 25.2. The molecule has 2 heterocycles. The Labute approximate surface area is 261 Å². The number of ketones is 1. The first-order chi connectivity index (χ1) is 21.6. The van der Waals surface area contributed by atoms with E-state index in [4.69, 9.17) is 0 Å². The normalized spacial score (nSPS) is 21.4. The molecule has 0 amide bonds. The van der Waals surface area contributed by atoms with Gasteiger partial charge in [0, 0.05) is 18.3 Å². The van der Waals surface area contributed by atoms with Crippen molar-refractivity contribution in [2.45, 2.75) is 75.3 Å². The van der Waals surface area contributed by atoms with E-state index >= 15 is 0 Å². The van der Waals surface area contributed by atoms with Gasteiger partial charge in [-0.05, 0) is 130 Å². The molecule has 2 saturated carbocycles. The summed E-state index contributed by atoms with van der Waals surface area (Å²) in [5.74, 6) is -0.489. The van der Waals surface area contributed by atoms with Gasteiger partial charge in [-0.2, -0.15) is 9.40 Å². The van der Waals surface area contributed by atoms with Crippen LogP contribution in [0, 0.1) is 17.0 Å². The Kier molecular flexibility index (Phi) is 7.32. The average molecular weight is 629 g/mol. The fraction of sp³-hybridized carbons (Fsp3) is 0.343. The number of hydrogen-bond donors (Lipinski definition) is 0. The van der Waals surface area contributed by atoms with E-state index in [0.29, 0.717) is 36.6 Å². The maximum Gasteiger partial charge on any atom is 0.243 e. The molecular formula is C35H34F2N4O3S. The third-order valence-electron chi connectivity index (χ3n) is 9.47. The van der Waals surface area contributed by atoms with E-state index in [1.54, 1.807) is 35.3 Å². The molecule has 0 N–H and O–H groups in total. The lowest BCUT2D eigenvalue weighted by Gasteiger charge is -2.47. The van der Waals surface area contributed by atoms with Crippen LogP contribution in [0.3, 0.4) is 0 Å². The second-order valence-electron chi connectivity index (χ2n) is 12.7. The highest BCUT2D eigenvalue weighted by Crippen LogP contribution is 2.52. The van der Waals surface area contributed by atoms with Gasteiger partial charge in [0.15, 0.2) is 5.78 Å². The predicted molar refractivity (Wildman–Crippen MR) is 166 cm³/mol. The topological polar surface area (TPSA) is 85.2 Å². The minimum absolute atomic E-state index is 0.0168. The molecule has 0 spiro atoms. The van der Waals surface area contributed by atoms with E-state index in [0.717, 1.165) is 47.4 Å². The Bertz CT molecular complexity index is 1900. The molecule has 2 fully saturated rings. The SMILES string of the molecule is CC(C)N([C@H]1CCC2=Cc3c(cnn3-c3ccc(F)cc3)C[C@]2(C(=O)c2ccc(C3CC3)cn2)C1)S(=O)(=O)c1ccc(F)cc1. The molecule has 0 saturated heterocycles. The Hall–Kier alpha value is -4.02. The molecule has 0 radical (unpaired) electrons. The summed E-state index contributed by atoms with van der Waals surface area (Å²) in [5.41, 5.74) is 3.75. The summed E-state index contributed by atoms with van der Waals surface area (Å²) < 4.78 is 58.7. The summed E-state index contributed by atoms with van der Waals surface area (Å²) in [5, 5.41) is 4.61. The maximum absolute atomic E-state index is 14.7. The second kappa shape index (κ2) is 11.1. The van der Waals surface area contributed by atoms with Gasteiger partial charge in [-0.15, -0.1) is 0 Å². The molecule has 7 rings (SSSR count). The van der Waals surface area contributed by atoms with Crippen LogP contribution in [0.25, 0.3) is 11.8 Å². The largest absolute Gasteiger partial charge is 0.291 e. The molecule has 0 aliphatic heterocycles. The van der Waals surface area contributed by atoms with E-state index in [-0.39, 0.29) is 22.9 Å². The second-order valence-corrected chi connectivity index (χ2v) is 14.6. The monoisotopic (exact) mass is 628 g/mol. The van der Waals surface area contributed by atoms with Crippen LogP contribution in [0.2, 0.25) is 0 Å². The van der Waals surface area contributed by atoms with Crippen molar-refractivity contribution in [3.63, 3.8) is 0 Å². The van der Waals surface area contributed by atoms with Gasteiger partial charge in [0.25, 0.3) is 0 Å². The van der Waals surface area contributed by atoms with Crippen molar-refractivity contribution in [1.29, 1.82) is 0 Å². The third-order valence-corrected chi connectivity index (χ3v) is 11.6. The molecule has 4 aromatic rings. The van der Waals surface area contributed by atoms with Gasteiger partial charge in [-0.3, -0.25) is 9.78 Å². The van der Waals surface area contributed by atoms with Crippen LogP contribution < -0.4 is 0 Å². The van der Waals surface area contributed by atoms with Crippen molar-refractivity contribution in [3.8, 4) is 5.69 Å². The third kappa shape index (κ3) is 5.23. The van der Waals surface area contributed by atoms with Crippen LogP contribution >= 0.6 is 0 Å². The molecule has 2 aromatic heterocycles. The molecule has 7 nitrogen and oxygen atoms in total. The number of allylic oxidation sites excluding steroid dienone is 1. The number of hydrogen-bond acceptors (Lipinski definition) is 5. The Morgan fingerprint density at radius 1 is 0.956 bits per heavy atom. The molecule has 0 bridgehead atoms. The van der Waals surface area contributed by atoms with E-state index in [9.17, 15) is 22.0 Å². The van der Waals surface area contributed by atoms with E-state index in [1.165, 1.54) is 28.6 Å². The van der Waals surface area contributed by atoms with Crippen molar-refractivity contribution >= 4 is 21.9 Å². The van der Waals surface area contributed by atoms with Crippen molar-refractivity contribution in [2.24, 2.45) is 5.41 Å². The molecule has 2 atom stereocenters. The average Bonchev–Trinajstić information content (AvgIpc) is 3.80. The smallest absolute Gasteiger partial charge is 0.243 e. The number of aromatic nitrogens is 3. The molecular weight excluding hydrogens is 594 g/mol. The van der Waals surface area contributed by atoms with Crippen molar-refractivity contribution in [2.75, 3.05) is 0 Å². The fourth-order valence-corrected chi connectivity index (χ4v) is 9.01. The quantitative estimate of drug-likeness (QED) is 0.199. The highest BCUT2D eigenvalue weighted by molar-refractivity contribution is 7.89. The molecule has 10 heteroatoms. The molecule has 2 aromatic carbocycles. The van der Waals surface area contributed by atoms with Crippen LogP contribution in [0.5, 0.6) is 0 Å². The number of Topliss-reactive ketones (excluding diaryl/α,β-unsaturated/α-hetero) is 1. The number of carbonyl (C=O) groups excluding carboxylic acids is 1. The zero-order valence-corrected chi connectivity index (χ0v) is 26.0. The maximum atomic E-state index is 14.7. The summed E-state index contributed by atoms with van der Waals surface area (Å²) in [6.45, 7) is 3.65. The van der Waals surface area contributed by atoms with E-state index < -0.39 is 33.3 Å². The minimum atomic E-state index is -4.00. The lowest BCUT2D eigenvalue weighted by Crippen LogP contribution is -2.52. The molecule has 3 aliphatic carbocycles. The summed E-state index contributed by atoms with van der Waals surface area (Å²) in [6, 6.07) is 13.9. The van der Waals surface area contributed by atoms with Gasteiger partial charge in [0.2, 0.25) is 10.0 Å². The zero-order chi connectivity index (χ0) is 31.5. The van der Waals surface area contributed by atoms with Gasteiger partial charge in [-0.1, -0.05) is 11.6 Å². The first-order valence-corrected chi connectivity index (χ1v) is 16.8. The summed E-state index contributed by atoms with van der Waals surface area (Å²) >= 11 is 0. The van der Waals surface area contributed by atoms with E-state index in [2.05, 4.69) is 10.1 Å². The summed E-state index contributed by atoms with van der Waals surface area (Å²) in [4.78, 5) is 19.3. The van der Waals surface area contributed by atoms with Gasteiger partial charge >= 0.3 is 0 Å². The highest BCUT2D eigenvalue weighted by Gasteiger charge is 2.52. The number of benzene rings is 2. The Morgan fingerprint density at radius 2 is 1.64 bits per heavy atom. The molecule has 232 valence electrons. The highest BCUT2D eigenvalue weighted by atomic mass is 32.2. The van der Waals surface area contributed by atoms with Crippen LogP contribution in [0.1, 0.15) is 79.2 Å². The van der Waals surface area contributed by atoms with Crippen LogP contribution in [-0.4, -0.2) is 45.4 Å². The van der Waals surface area contributed by atoms with Crippen LogP contribution in [0.15, 0.2) is 83.5 Å². The first kappa shape index (κ1) is 29.7. The number of sulfonamides is 1.